The van der Waals surface area contributed by atoms with Crippen LogP contribution in [0.1, 0.15) is 30.5 Å². The molecule has 2 rings (SSSR count). The number of hydrogen-bond acceptors (Lipinski definition) is 2. The zero-order valence-corrected chi connectivity index (χ0v) is 12.7. The van der Waals surface area contributed by atoms with Gasteiger partial charge in [-0.05, 0) is 48.7 Å². The lowest BCUT2D eigenvalue weighted by Gasteiger charge is -2.14. The van der Waals surface area contributed by atoms with E-state index in [4.69, 9.17) is 17.3 Å². The third-order valence-electron chi connectivity index (χ3n) is 3.37. The van der Waals surface area contributed by atoms with Crippen LogP contribution in [0.15, 0.2) is 48.5 Å². The van der Waals surface area contributed by atoms with Crippen molar-refractivity contribution in [1.29, 1.82) is 0 Å². The van der Waals surface area contributed by atoms with Crippen LogP contribution < -0.4 is 11.1 Å². The number of carbonyl (C=O) groups excluding carboxylic acids is 1. The maximum absolute atomic E-state index is 12.0. The van der Waals surface area contributed by atoms with E-state index in [9.17, 15) is 4.79 Å². The predicted octanol–water partition coefficient (Wildman–Crippen LogP) is 3.73. The fourth-order valence-electron chi connectivity index (χ4n) is 2.09. The summed E-state index contributed by atoms with van der Waals surface area (Å²) in [6, 6.07) is 15.1. The minimum absolute atomic E-state index is 0.0267. The first kappa shape index (κ1) is 15.4. The molecule has 21 heavy (non-hydrogen) atoms. The third kappa shape index (κ3) is 4.80. The third-order valence-corrected chi connectivity index (χ3v) is 3.62. The minimum Gasteiger partial charge on any atom is -0.399 e. The van der Waals surface area contributed by atoms with Gasteiger partial charge in [0.05, 0.1) is 6.04 Å². The Bertz CT molecular complexity index is 593. The number of nitrogens with one attached hydrogen (secondary N) is 1. The molecular formula is C17H19ClN2O. The average Bonchev–Trinajstić information content (AvgIpc) is 2.47. The first-order valence-electron chi connectivity index (χ1n) is 6.94. The lowest BCUT2D eigenvalue weighted by molar-refractivity contribution is -0.121. The van der Waals surface area contributed by atoms with Gasteiger partial charge in [-0.25, -0.2) is 0 Å². The number of rotatable bonds is 5. The molecule has 0 aromatic heterocycles. The Morgan fingerprint density at radius 2 is 1.76 bits per heavy atom. The van der Waals surface area contributed by atoms with E-state index < -0.39 is 0 Å². The Kier molecular flexibility index (Phi) is 5.23. The van der Waals surface area contributed by atoms with Gasteiger partial charge in [-0.15, -0.1) is 0 Å². The van der Waals surface area contributed by atoms with Crippen molar-refractivity contribution < 1.29 is 4.79 Å². The van der Waals surface area contributed by atoms with Crippen molar-refractivity contribution in [2.24, 2.45) is 0 Å². The molecular weight excluding hydrogens is 284 g/mol. The van der Waals surface area contributed by atoms with Crippen LogP contribution in [0.2, 0.25) is 5.02 Å². The average molecular weight is 303 g/mol. The van der Waals surface area contributed by atoms with Gasteiger partial charge in [0.2, 0.25) is 5.91 Å². The molecule has 2 aromatic rings. The molecule has 3 N–H and O–H groups in total. The Labute approximate surface area is 130 Å². The van der Waals surface area contributed by atoms with E-state index in [1.807, 2.05) is 55.5 Å². The van der Waals surface area contributed by atoms with E-state index >= 15 is 0 Å². The molecule has 1 atom stereocenters. The number of benzene rings is 2. The summed E-state index contributed by atoms with van der Waals surface area (Å²) in [5.41, 5.74) is 8.52. The molecule has 0 fully saturated rings. The molecule has 0 heterocycles. The van der Waals surface area contributed by atoms with Gasteiger partial charge < -0.3 is 11.1 Å². The zero-order valence-electron chi connectivity index (χ0n) is 12.0. The van der Waals surface area contributed by atoms with E-state index in [2.05, 4.69) is 5.32 Å². The van der Waals surface area contributed by atoms with Gasteiger partial charge in [0.15, 0.2) is 0 Å². The number of halogens is 1. The van der Waals surface area contributed by atoms with Crippen LogP contribution in [0.25, 0.3) is 0 Å². The fourth-order valence-corrected chi connectivity index (χ4v) is 2.22. The highest BCUT2D eigenvalue weighted by molar-refractivity contribution is 6.30. The topological polar surface area (TPSA) is 55.1 Å². The van der Waals surface area contributed by atoms with Crippen molar-refractivity contribution in [2.45, 2.75) is 25.8 Å². The lowest BCUT2D eigenvalue weighted by Crippen LogP contribution is -2.26. The van der Waals surface area contributed by atoms with Crippen molar-refractivity contribution in [3.63, 3.8) is 0 Å². The highest BCUT2D eigenvalue weighted by Crippen LogP contribution is 2.16. The van der Waals surface area contributed by atoms with Crippen LogP contribution in [-0.4, -0.2) is 5.91 Å². The number of aryl methyl sites for hydroxylation is 1. The smallest absolute Gasteiger partial charge is 0.220 e. The van der Waals surface area contributed by atoms with E-state index in [0.29, 0.717) is 17.9 Å². The normalized spacial score (nSPS) is 11.9. The van der Waals surface area contributed by atoms with Crippen molar-refractivity contribution >= 4 is 23.2 Å². The van der Waals surface area contributed by atoms with Crippen molar-refractivity contribution in [3.05, 3.63) is 64.7 Å². The van der Waals surface area contributed by atoms with Gasteiger partial charge in [-0.1, -0.05) is 35.9 Å². The molecule has 0 aliphatic rings. The monoisotopic (exact) mass is 302 g/mol. The highest BCUT2D eigenvalue weighted by atomic mass is 35.5. The molecule has 0 saturated carbocycles. The summed E-state index contributed by atoms with van der Waals surface area (Å²) in [7, 11) is 0. The second kappa shape index (κ2) is 7.14. The SMILES string of the molecule is CC(NC(=O)CCc1ccc(N)cc1)c1ccc(Cl)cc1. The molecule has 1 unspecified atom stereocenters. The van der Waals surface area contributed by atoms with Gasteiger partial charge in [-0.3, -0.25) is 4.79 Å². The molecule has 0 radical (unpaired) electrons. The Hall–Kier alpha value is -2.00. The van der Waals surface area contributed by atoms with Crippen LogP contribution in [-0.2, 0) is 11.2 Å². The van der Waals surface area contributed by atoms with E-state index in [0.717, 1.165) is 16.8 Å². The van der Waals surface area contributed by atoms with Crippen molar-refractivity contribution in [1.82, 2.24) is 5.32 Å². The first-order chi connectivity index (χ1) is 10.0. The molecule has 1 amide bonds. The Morgan fingerprint density at radius 3 is 2.38 bits per heavy atom. The molecule has 0 bridgehead atoms. The maximum atomic E-state index is 12.0. The summed E-state index contributed by atoms with van der Waals surface area (Å²) < 4.78 is 0. The van der Waals surface area contributed by atoms with Crippen LogP contribution in [0.4, 0.5) is 5.69 Å². The number of nitrogen functional groups attached to an aromatic ring is 1. The summed E-state index contributed by atoms with van der Waals surface area (Å²) in [4.78, 5) is 12.0. The summed E-state index contributed by atoms with van der Waals surface area (Å²) >= 11 is 5.85. The van der Waals surface area contributed by atoms with E-state index in [1.54, 1.807) is 0 Å². The lowest BCUT2D eigenvalue weighted by atomic mass is 10.1. The molecule has 0 aliphatic heterocycles. The number of hydrogen-bond donors (Lipinski definition) is 2. The Morgan fingerprint density at radius 1 is 1.14 bits per heavy atom. The molecule has 0 saturated heterocycles. The zero-order chi connectivity index (χ0) is 15.2. The quantitative estimate of drug-likeness (QED) is 0.827. The largest absolute Gasteiger partial charge is 0.399 e. The van der Waals surface area contributed by atoms with Crippen molar-refractivity contribution in [2.75, 3.05) is 5.73 Å². The highest BCUT2D eigenvalue weighted by Gasteiger charge is 2.09. The van der Waals surface area contributed by atoms with E-state index in [1.165, 1.54) is 0 Å². The van der Waals surface area contributed by atoms with Gasteiger partial charge in [0.25, 0.3) is 0 Å². The molecule has 2 aromatic carbocycles. The molecule has 4 heteroatoms. The first-order valence-corrected chi connectivity index (χ1v) is 7.31. The second-order valence-electron chi connectivity index (χ2n) is 5.08. The molecule has 110 valence electrons. The summed E-state index contributed by atoms with van der Waals surface area (Å²) in [5.74, 6) is 0.0364. The molecule has 0 aliphatic carbocycles. The molecule has 0 spiro atoms. The molecule has 3 nitrogen and oxygen atoms in total. The maximum Gasteiger partial charge on any atom is 0.220 e. The van der Waals surface area contributed by atoms with Crippen LogP contribution in [0, 0.1) is 0 Å². The Balaban J connectivity index is 1.83. The van der Waals surface area contributed by atoms with Gasteiger partial charge in [0, 0.05) is 17.1 Å². The summed E-state index contributed by atoms with van der Waals surface area (Å²) in [5, 5.41) is 3.69. The number of carbonyl (C=O) groups is 1. The second-order valence-corrected chi connectivity index (χ2v) is 5.52. The standard InChI is InChI=1S/C17H19ClN2O/c1-12(14-5-7-15(18)8-6-14)20-17(21)11-4-13-2-9-16(19)10-3-13/h2-3,5-10,12H,4,11,19H2,1H3,(H,20,21). The van der Waals surface area contributed by atoms with Gasteiger partial charge in [0.1, 0.15) is 0 Å². The summed E-state index contributed by atoms with van der Waals surface area (Å²) in [6.07, 6.45) is 1.17. The number of amides is 1. The van der Waals surface area contributed by atoms with Crippen LogP contribution in [0.5, 0.6) is 0 Å². The fraction of sp³-hybridized carbons (Fsp3) is 0.235. The minimum atomic E-state index is -0.0267. The predicted molar refractivity (Wildman–Crippen MR) is 87.2 cm³/mol. The van der Waals surface area contributed by atoms with E-state index in [-0.39, 0.29) is 11.9 Å². The number of nitrogens with two attached hydrogens (primary N) is 1. The van der Waals surface area contributed by atoms with Crippen molar-refractivity contribution in [3.8, 4) is 0 Å². The van der Waals surface area contributed by atoms with Crippen LogP contribution >= 0.6 is 11.6 Å². The number of anilines is 1. The summed E-state index contributed by atoms with van der Waals surface area (Å²) in [6.45, 7) is 1.96. The van der Waals surface area contributed by atoms with Crippen LogP contribution in [0.3, 0.4) is 0 Å². The van der Waals surface area contributed by atoms with Gasteiger partial charge >= 0.3 is 0 Å². The van der Waals surface area contributed by atoms with Gasteiger partial charge in [-0.2, -0.15) is 0 Å².